The molecule has 9 heteroatoms. The largest absolute Gasteiger partial charge is 0.433 e. The molecule has 0 spiro atoms. The Bertz CT molecular complexity index is 803. The highest BCUT2D eigenvalue weighted by atomic mass is 32.1. The number of nitrogens with zero attached hydrogens (tertiary/aromatic N) is 3. The molecule has 0 aliphatic rings. The molecule has 120 valence electrons. The topological polar surface area (TPSA) is 108 Å². The number of aromatic nitrogens is 1. The van der Waals surface area contributed by atoms with Crippen molar-refractivity contribution >= 4 is 41.1 Å². The summed E-state index contributed by atoms with van der Waals surface area (Å²) in [5.41, 5.74) is 1.29. The van der Waals surface area contributed by atoms with Gasteiger partial charge in [-0.15, -0.1) is 11.3 Å². The van der Waals surface area contributed by atoms with E-state index >= 15 is 0 Å². The summed E-state index contributed by atoms with van der Waals surface area (Å²) in [5, 5.41) is 15.0. The molecule has 2 heterocycles. The highest BCUT2D eigenvalue weighted by Gasteiger charge is 2.12. The molecule has 0 saturated heterocycles. The summed E-state index contributed by atoms with van der Waals surface area (Å²) in [6.07, 6.45) is 3.27. The number of carbonyl (C=O) groups is 1. The molecule has 0 N–H and O–H groups in total. The summed E-state index contributed by atoms with van der Waals surface area (Å²) in [7, 11) is 0. The average molecular weight is 335 g/mol. The van der Waals surface area contributed by atoms with Crippen LogP contribution in [0.1, 0.15) is 35.2 Å². The van der Waals surface area contributed by atoms with Crippen LogP contribution in [-0.4, -0.2) is 21.6 Å². The van der Waals surface area contributed by atoms with Gasteiger partial charge in [0.15, 0.2) is 0 Å². The Labute approximate surface area is 135 Å². The lowest BCUT2D eigenvalue weighted by atomic mass is 10.3. The third-order valence-corrected chi connectivity index (χ3v) is 3.87. The van der Waals surface area contributed by atoms with Gasteiger partial charge in [0.25, 0.3) is 0 Å². The quantitative estimate of drug-likeness (QED) is 0.358. The van der Waals surface area contributed by atoms with Crippen LogP contribution in [-0.2, 0) is 9.63 Å². The zero-order valence-corrected chi connectivity index (χ0v) is 13.4. The van der Waals surface area contributed by atoms with Crippen molar-refractivity contribution in [1.29, 1.82) is 0 Å². The summed E-state index contributed by atoms with van der Waals surface area (Å²) < 4.78 is 5.03. The molecular weight excluding hydrogens is 322 g/mol. The number of aryl methyl sites for hydroxylation is 1. The molecule has 0 saturated carbocycles. The first kappa shape index (κ1) is 16.6. The number of nitro groups is 1. The minimum atomic E-state index is -0.599. The maximum absolute atomic E-state index is 10.8. The van der Waals surface area contributed by atoms with E-state index in [0.717, 1.165) is 10.6 Å². The van der Waals surface area contributed by atoms with Gasteiger partial charge in [0, 0.05) is 6.92 Å². The minimum Gasteiger partial charge on any atom is -0.401 e. The average Bonchev–Trinajstić information content (AvgIpc) is 3.09. The molecule has 0 amide bonds. The van der Waals surface area contributed by atoms with Crippen LogP contribution in [0.2, 0.25) is 0 Å². The van der Waals surface area contributed by atoms with Crippen molar-refractivity contribution in [1.82, 2.24) is 4.98 Å². The summed E-state index contributed by atoms with van der Waals surface area (Å²) in [4.78, 5) is 30.5. The highest BCUT2D eigenvalue weighted by molar-refractivity contribution is 7.14. The van der Waals surface area contributed by atoms with Crippen LogP contribution in [0, 0.1) is 17.0 Å². The Morgan fingerprint density at radius 1 is 1.43 bits per heavy atom. The molecule has 2 aromatic heterocycles. The predicted octanol–water partition coefficient (Wildman–Crippen LogP) is 3.41. The minimum absolute atomic E-state index is 0.315. The van der Waals surface area contributed by atoms with E-state index in [0.29, 0.717) is 16.5 Å². The van der Waals surface area contributed by atoms with E-state index in [4.69, 9.17) is 4.42 Å². The van der Waals surface area contributed by atoms with E-state index in [1.165, 1.54) is 30.4 Å². The maximum Gasteiger partial charge on any atom is 0.433 e. The first-order valence-corrected chi connectivity index (χ1v) is 7.30. The molecule has 8 nitrogen and oxygen atoms in total. The third-order valence-electron chi connectivity index (χ3n) is 2.64. The van der Waals surface area contributed by atoms with Gasteiger partial charge in [-0.05, 0) is 32.1 Å². The number of furan rings is 1. The Hall–Kier alpha value is -2.81. The Balaban J connectivity index is 2.16. The zero-order chi connectivity index (χ0) is 17.0. The van der Waals surface area contributed by atoms with Gasteiger partial charge >= 0.3 is 11.9 Å². The fourth-order valence-electron chi connectivity index (χ4n) is 1.68. The fourth-order valence-corrected chi connectivity index (χ4v) is 2.59. The molecule has 2 aromatic rings. The van der Waals surface area contributed by atoms with E-state index < -0.39 is 10.9 Å². The van der Waals surface area contributed by atoms with E-state index in [-0.39, 0.29) is 5.88 Å². The molecule has 0 aliphatic carbocycles. The number of thiazole rings is 1. The Kier molecular flexibility index (Phi) is 5.02. The molecule has 0 radical (unpaired) electrons. The lowest BCUT2D eigenvalue weighted by molar-refractivity contribution is -0.402. The molecule has 0 aliphatic heterocycles. The van der Waals surface area contributed by atoms with Gasteiger partial charge in [0.2, 0.25) is 0 Å². The maximum atomic E-state index is 10.8. The molecule has 0 atom stereocenters. The second kappa shape index (κ2) is 6.97. The van der Waals surface area contributed by atoms with Gasteiger partial charge < -0.3 is 9.25 Å². The van der Waals surface area contributed by atoms with Crippen molar-refractivity contribution < 1.29 is 19.0 Å². The molecule has 0 bridgehead atoms. The van der Waals surface area contributed by atoms with Crippen molar-refractivity contribution in [2.24, 2.45) is 5.16 Å². The second-order valence-electron chi connectivity index (χ2n) is 4.49. The highest BCUT2D eigenvalue weighted by Crippen LogP contribution is 2.22. The van der Waals surface area contributed by atoms with Crippen molar-refractivity contribution in [2.45, 2.75) is 20.8 Å². The summed E-state index contributed by atoms with van der Waals surface area (Å²) in [5.74, 6) is -0.451. The van der Waals surface area contributed by atoms with Gasteiger partial charge in [-0.2, -0.15) is 0 Å². The molecule has 0 aromatic carbocycles. The smallest absolute Gasteiger partial charge is 0.401 e. The normalized spacial score (nSPS) is 11.9. The van der Waals surface area contributed by atoms with Crippen molar-refractivity contribution in [3.05, 3.63) is 43.6 Å². The standard InChI is InChI=1S/C14H13N3O5S/c1-8-14(9(2)16-22-10(3)18)23-12(15-8)6-4-11-5-7-13(21-11)17(19)20/h4-7H,1-3H3/b6-4+,16-9-. The first-order chi connectivity index (χ1) is 10.9. The zero-order valence-electron chi connectivity index (χ0n) is 12.6. The molecule has 0 unspecified atom stereocenters. The van der Waals surface area contributed by atoms with Crippen molar-refractivity contribution in [2.75, 3.05) is 0 Å². The number of carbonyl (C=O) groups excluding carboxylic acids is 1. The van der Waals surface area contributed by atoms with Crippen LogP contribution in [0.15, 0.2) is 21.7 Å². The van der Waals surface area contributed by atoms with Gasteiger partial charge in [-0.25, -0.2) is 9.78 Å². The fraction of sp³-hybridized carbons (Fsp3) is 0.214. The van der Waals surface area contributed by atoms with Crippen molar-refractivity contribution in [3.8, 4) is 0 Å². The van der Waals surface area contributed by atoms with Crippen molar-refractivity contribution in [3.63, 3.8) is 0 Å². The number of rotatable bonds is 5. The Morgan fingerprint density at radius 2 is 2.17 bits per heavy atom. The van der Waals surface area contributed by atoms with Crippen LogP contribution in [0.3, 0.4) is 0 Å². The van der Waals surface area contributed by atoms with E-state index in [1.54, 1.807) is 19.1 Å². The third kappa shape index (κ3) is 4.33. The summed E-state index contributed by atoms with van der Waals surface area (Å²) in [6, 6.07) is 2.79. The molecule has 2 rings (SSSR count). The van der Waals surface area contributed by atoms with Crippen LogP contribution < -0.4 is 0 Å². The van der Waals surface area contributed by atoms with E-state index in [1.807, 2.05) is 6.92 Å². The van der Waals surface area contributed by atoms with Crippen LogP contribution in [0.5, 0.6) is 0 Å². The van der Waals surface area contributed by atoms with E-state index in [9.17, 15) is 14.9 Å². The lowest BCUT2D eigenvalue weighted by Crippen LogP contribution is -1.98. The summed E-state index contributed by atoms with van der Waals surface area (Å²) >= 11 is 1.36. The molecule has 0 fully saturated rings. The number of hydrogen-bond donors (Lipinski definition) is 0. The van der Waals surface area contributed by atoms with Gasteiger partial charge in [-0.3, -0.25) is 10.1 Å². The monoisotopic (exact) mass is 335 g/mol. The molecular formula is C14H13N3O5S. The number of oxime groups is 1. The summed E-state index contributed by atoms with van der Waals surface area (Å²) in [6.45, 7) is 4.80. The molecule has 23 heavy (non-hydrogen) atoms. The van der Waals surface area contributed by atoms with Gasteiger partial charge in [0.05, 0.1) is 22.3 Å². The van der Waals surface area contributed by atoms with Crippen LogP contribution >= 0.6 is 11.3 Å². The first-order valence-electron chi connectivity index (χ1n) is 6.49. The number of hydrogen-bond acceptors (Lipinski definition) is 8. The predicted molar refractivity (Wildman–Crippen MR) is 85.1 cm³/mol. The van der Waals surface area contributed by atoms with Gasteiger partial charge in [0.1, 0.15) is 15.7 Å². The SMILES string of the molecule is CC(=O)O/N=C(/C)c1sc(/C=C/c2ccc([N+](=O)[O-])o2)nc1C. The van der Waals surface area contributed by atoms with Gasteiger partial charge in [-0.1, -0.05) is 5.16 Å². The Morgan fingerprint density at radius 3 is 2.78 bits per heavy atom. The van der Waals surface area contributed by atoms with Crippen LogP contribution in [0.4, 0.5) is 5.88 Å². The van der Waals surface area contributed by atoms with Crippen LogP contribution in [0.25, 0.3) is 12.2 Å². The lowest BCUT2D eigenvalue weighted by Gasteiger charge is -1.96. The van der Waals surface area contributed by atoms with E-state index in [2.05, 4.69) is 15.0 Å². The second-order valence-corrected chi connectivity index (χ2v) is 5.52.